The first-order valence-electron chi connectivity index (χ1n) is 10.5. The van der Waals surface area contributed by atoms with E-state index in [9.17, 15) is 9.59 Å². The molecule has 0 radical (unpaired) electrons. The maximum absolute atomic E-state index is 12.9. The van der Waals surface area contributed by atoms with Crippen LogP contribution in [0.15, 0.2) is 42.7 Å². The predicted octanol–water partition coefficient (Wildman–Crippen LogP) is 3.78. The van der Waals surface area contributed by atoms with E-state index in [0.29, 0.717) is 23.7 Å². The van der Waals surface area contributed by atoms with Gasteiger partial charge in [-0.1, -0.05) is 58.7 Å². The van der Waals surface area contributed by atoms with Gasteiger partial charge in [0.1, 0.15) is 12.7 Å². The topological polar surface area (TPSA) is 118 Å². The Morgan fingerprint density at radius 1 is 1.26 bits per heavy atom. The molecule has 2 atom stereocenters. The van der Waals surface area contributed by atoms with Crippen LogP contribution in [-0.4, -0.2) is 55.7 Å². The summed E-state index contributed by atoms with van der Waals surface area (Å²) < 4.78 is 8.29. The fourth-order valence-corrected chi connectivity index (χ4v) is 4.19. The summed E-state index contributed by atoms with van der Waals surface area (Å²) in [5.41, 5.74) is 1.52. The van der Waals surface area contributed by atoms with Gasteiger partial charge in [-0.2, -0.15) is 5.26 Å². The lowest BCUT2D eigenvalue weighted by molar-refractivity contribution is 0.0713. The normalized spacial score (nSPS) is 17.8. The van der Waals surface area contributed by atoms with E-state index in [1.54, 1.807) is 11.8 Å². The van der Waals surface area contributed by atoms with E-state index >= 15 is 0 Å². The Morgan fingerprint density at radius 2 is 2.03 bits per heavy atom. The first kappa shape index (κ1) is 23.6. The average molecular weight is 502 g/mol. The molecule has 1 N–H and O–H groups in total. The van der Waals surface area contributed by atoms with Crippen LogP contribution in [0.25, 0.3) is 0 Å². The molecule has 1 aliphatic rings. The summed E-state index contributed by atoms with van der Waals surface area (Å²) in [6, 6.07) is 10.0. The largest absolute Gasteiger partial charge is 0.445 e. The third kappa shape index (κ3) is 5.00. The molecule has 1 fully saturated rings. The van der Waals surface area contributed by atoms with Gasteiger partial charge < -0.3 is 15.0 Å². The summed E-state index contributed by atoms with van der Waals surface area (Å²) in [5, 5.41) is 20.5. The number of benzene rings is 1. The smallest absolute Gasteiger partial charge is 0.410 e. The van der Waals surface area contributed by atoms with Crippen LogP contribution >= 0.6 is 23.2 Å². The molecule has 0 unspecified atom stereocenters. The van der Waals surface area contributed by atoms with Crippen LogP contribution in [0.3, 0.4) is 0 Å². The molecule has 0 aliphatic carbocycles. The SMILES string of the molecule is Cc1c(Cl)c(Cl)cn1C(=O)N[C@@H]1CCN(C(=O)OCc2ccccc2)C[C@@H]1n1cc(C#N)nn1. The van der Waals surface area contributed by atoms with Crippen molar-refractivity contribution in [2.24, 2.45) is 0 Å². The molecular formula is C22H21Cl2N7O3. The van der Waals surface area contributed by atoms with Gasteiger partial charge in [0.05, 0.1) is 28.3 Å². The number of carbonyl (C=O) groups excluding carboxylic acids is 2. The zero-order valence-corrected chi connectivity index (χ0v) is 19.7. The fourth-order valence-electron chi connectivity index (χ4n) is 3.82. The lowest BCUT2D eigenvalue weighted by atomic mass is 9.99. The molecule has 0 spiro atoms. The summed E-state index contributed by atoms with van der Waals surface area (Å²) in [6.45, 7) is 2.41. The van der Waals surface area contributed by atoms with Gasteiger partial charge in [-0.25, -0.2) is 14.3 Å². The number of amides is 2. The third-order valence-corrected chi connectivity index (χ3v) is 6.53. The lowest BCUT2D eigenvalue weighted by Crippen LogP contribution is -2.53. The maximum atomic E-state index is 12.9. The first-order valence-corrected chi connectivity index (χ1v) is 11.2. The Labute approximate surface area is 205 Å². The molecular weight excluding hydrogens is 481 g/mol. The molecule has 1 saturated heterocycles. The molecule has 0 bridgehead atoms. The van der Waals surface area contributed by atoms with E-state index in [2.05, 4.69) is 15.6 Å². The Bertz CT molecular complexity index is 1240. The van der Waals surface area contributed by atoms with Crippen LogP contribution < -0.4 is 5.32 Å². The van der Waals surface area contributed by atoms with Gasteiger partial charge in [0, 0.05) is 25.0 Å². The van der Waals surface area contributed by atoms with Crippen molar-refractivity contribution < 1.29 is 14.3 Å². The van der Waals surface area contributed by atoms with Crippen molar-refractivity contribution in [3.8, 4) is 6.07 Å². The van der Waals surface area contributed by atoms with Gasteiger partial charge in [0.25, 0.3) is 0 Å². The van der Waals surface area contributed by atoms with Crippen LogP contribution in [0.1, 0.15) is 29.4 Å². The minimum atomic E-state index is -0.474. The van der Waals surface area contributed by atoms with Crippen molar-refractivity contribution in [1.82, 2.24) is 29.8 Å². The lowest BCUT2D eigenvalue weighted by Gasteiger charge is -2.38. The molecule has 2 aromatic heterocycles. The van der Waals surface area contributed by atoms with Crippen molar-refractivity contribution in [3.05, 3.63) is 69.7 Å². The van der Waals surface area contributed by atoms with Gasteiger partial charge in [0.2, 0.25) is 0 Å². The van der Waals surface area contributed by atoms with Crippen LogP contribution in [0.4, 0.5) is 9.59 Å². The van der Waals surface area contributed by atoms with E-state index in [1.165, 1.54) is 21.6 Å². The van der Waals surface area contributed by atoms with Gasteiger partial charge in [-0.3, -0.25) is 4.57 Å². The van der Waals surface area contributed by atoms with Crippen molar-refractivity contribution in [2.75, 3.05) is 13.1 Å². The number of piperidine rings is 1. The van der Waals surface area contributed by atoms with Gasteiger partial charge in [-0.15, -0.1) is 5.10 Å². The van der Waals surface area contributed by atoms with E-state index in [1.807, 2.05) is 36.4 Å². The van der Waals surface area contributed by atoms with E-state index in [4.69, 9.17) is 33.2 Å². The van der Waals surface area contributed by atoms with Crippen molar-refractivity contribution in [2.45, 2.75) is 32.0 Å². The Kier molecular flexibility index (Phi) is 7.05. The minimum Gasteiger partial charge on any atom is -0.445 e. The Morgan fingerprint density at radius 3 is 2.68 bits per heavy atom. The molecule has 12 heteroatoms. The number of ether oxygens (including phenoxy) is 1. The molecule has 1 aromatic carbocycles. The predicted molar refractivity (Wildman–Crippen MR) is 123 cm³/mol. The van der Waals surface area contributed by atoms with E-state index in [-0.39, 0.29) is 23.9 Å². The monoisotopic (exact) mass is 501 g/mol. The highest BCUT2D eigenvalue weighted by Gasteiger charge is 2.35. The number of aromatic nitrogens is 4. The second-order valence-corrected chi connectivity index (χ2v) is 8.63. The number of nitriles is 1. The zero-order valence-electron chi connectivity index (χ0n) is 18.2. The number of nitrogens with zero attached hydrogens (tertiary/aromatic N) is 6. The molecule has 10 nitrogen and oxygen atoms in total. The molecule has 4 rings (SSSR count). The molecule has 1 aliphatic heterocycles. The van der Waals surface area contributed by atoms with Gasteiger partial charge >= 0.3 is 12.1 Å². The maximum Gasteiger partial charge on any atom is 0.410 e. The van der Waals surface area contributed by atoms with Crippen molar-refractivity contribution >= 4 is 35.3 Å². The number of rotatable bonds is 4. The van der Waals surface area contributed by atoms with Crippen molar-refractivity contribution in [3.63, 3.8) is 0 Å². The summed E-state index contributed by atoms with van der Waals surface area (Å²) in [4.78, 5) is 27.2. The van der Waals surface area contributed by atoms with Crippen LogP contribution in [-0.2, 0) is 11.3 Å². The number of likely N-dealkylation sites (tertiary alicyclic amines) is 1. The molecule has 3 aromatic rings. The standard InChI is InChI=1S/C22H21Cl2N7O3/c1-14-20(24)17(23)11-30(14)21(32)26-18-7-8-29(12-19(18)31-10-16(9-25)27-28-31)22(33)34-13-15-5-3-2-4-6-15/h2-6,10-11,18-19H,7-8,12-13H2,1H3,(H,26,32)/t18-,19+/m1/s1. The van der Waals surface area contributed by atoms with Crippen LogP contribution in [0, 0.1) is 18.3 Å². The third-order valence-electron chi connectivity index (χ3n) is 5.67. The van der Waals surface area contributed by atoms with Crippen LogP contribution in [0.5, 0.6) is 0 Å². The zero-order chi connectivity index (χ0) is 24.2. The summed E-state index contributed by atoms with van der Waals surface area (Å²) in [6.07, 6.45) is 2.89. The van der Waals surface area contributed by atoms with Gasteiger partial charge in [-0.05, 0) is 18.9 Å². The molecule has 176 valence electrons. The number of hydrogen-bond acceptors (Lipinski definition) is 6. The fraction of sp³-hybridized carbons (Fsp3) is 0.318. The Balaban J connectivity index is 1.49. The minimum absolute atomic E-state index is 0.133. The van der Waals surface area contributed by atoms with Gasteiger partial charge in [0.15, 0.2) is 5.69 Å². The summed E-state index contributed by atoms with van der Waals surface area (Å²) >= 11 is 12.2. The first-order chi connectivity index (χ1) is 16.4. The quantitative estimate of drug-likeness (QED) is 0.580. The number of halogens is 2. The van der Waals surface area contributed by atoms with E-state index < -0.39 is 24.2 Å². The van der Waals surface area contributed by atoms with Crippen molar-refractivity contribution in [1.29, 1.82) is 5.26 Å². The molecule has 2 amide bonds. The molecule has 0 saturated carbocycles. The second kappa shape index (κ2) is 10.2. The number of hydrogen-bond donors (Lipinski definition) is 1. The summed E-state index contributed by atoms with van der Waals surface area (Å²) in [7, 11) is 0. The highest BCUT2D eigenvalue weighted by molar-refractivity contribution is 6.42. The number of carbonyl (C=O) groups is 2. The highest BCUT2D eigenvalue weighted by atomic mass is 35.5. The number of nitrogens with one attached hydrogen (secondary N) is 1. The molecule has 3 heterocycles. The average Bonchev–Trinajstić information content (AvgIpc) is 3.44. The van der Waals surface area contributed by atoms with Crippen LogP contribution in [0.2, 0.25) is 10.0 Å². The Hall–Kier alpha value is -3.55. The van der Waals surface area contributed by atoms with E-state index in [0.717, 1.165) is 5.56 Å². The molecule has 34 heavy (non-hydrogen) atoms. The second-order valence-electron chi connectivity index (χ2n) is 7.84. The summed E-state index contributed by atoms with van der Waals surface area (Å²) in [5.74, 6) is 0. The highest BCUT2D eigenvalue weighted by Crippen LogP contribution is 2.28.